The van der Waals surface area contributed by atoms with Crippen molar-refractivity contribution in [2.45, 2.75) is 39.0 Å². The first-order valence-electron chi connectivity index (χ1n) is 10.4. The van der Waals surface area contributed by atoms with E-state index in [9.17, 15) is 9.59 Å². The summed E-state index contributed by atoms with van der Waals surface area (Å²) in [6.07, 6.45) is 2.79. The van der Waals surface area contributed by atoms with Crippen LogP contribution in [0, 0.1) is 0 Å². The number of hydrogen-bond acceptors (Lipinski definition) is 2. The van der Waals surface area contributed by atoms with Crippen LogP contribution < -0.4 is 0 Å². The summed E-state index contributed by atoms with van der Waals surface area (Å²) in [6, 6.07) is 17.9. The molecule has 0 radical (unpaired) electrons. The van der Waals surface area contributed by atoms with Crippen molar-refractivity contribution in [1.82, 2.24) is 9.80 Å². The van der Waals surface area contributed by atoms with Crippen molar-refractivity contribution in [3.05, 3.63) is 71.3 Å². The van der Waals surface area contributed by atoms with Gasteiger partial charge in [-0.2, -0.15) is 0 Å². The number of piperazine rings is 1. The average molecular weight is 379 g/mol. The maximum absolute atomic E-state index is 13.1. The Labute approximate surface area is 168 Å². The Bertz CT molecular complexity index is 778. The molecule has 28 heavy (non-hydrogen) atoms. The summed E-state index contributed by atoms with van der Waals surface area (Å²) in [5.41, 5.74) is 3.05. The molecule has 148 valence electrons. The first-order valence-corrected chi connectivity index (χ1v) is 10.4. The van der Waals surface area contributed by atoms with Gasteiger partial charge in [0.15, 0.2) is 0 Å². The number of benzene rings is 2. The number of amides is 2. The highest BCUT2D eigenvalue weighted by Gasteiger charge is 2.29. The molecule has 2 aromatic rings. The summed E-state index contributed by atoms with van der Waals surface area (Å²) in [6.45, 7) is 6.61. The van der Waals surface area contributed by atoms with Crippen molar-refractivity contribution in [1.29, 1.82) is 0 Å². The monoisotopic (exact) mass is 378 g/mol. The van der Waals surface area contributed by atoms with Crippen molar-refractivity contribution in [2.24, 2.45) is 0 Å². The van der Waals surface area contributed by atoms with Crippen LogP contribution in [0.25, 0.3) is 0 Å². The maximum atomic E-state index is 13.1. The summed E-state index contributed by atoms with van der Waals surface area (Å²) in [5, 5.41) is 0. The van der Waals surface area contributed by atoms with Crippen molar-refractivity contribution in [2.75, 3.05) is 26.2 Å². The Hall–Kier alpha value is -2.62. The van der Waals surface area contributed by atoms with E-state index in [4.69, 9.17) is 0 Å². The Morgan fingerprint density at radius 2 is 1.46 bits per heavy atom. The standard InChI is InChI=1S/C24H30N2O2/c1-3-8-22(20-9-6-5-7-10-20)24(28)26-17-15-25(16-18-26)23(27)21-13-11-19(4-2)12-14-21/h5-7,9-14,22H,3-4,8,15-18H2,1-2H3. The predicted molar refractivity (Wildman–Crippen MR) is 112 cm³/mol. The van der Waals surface area contributed by atoms with E-state index < -0.39 is 0 Å². The van der Waals surface area contributed by atoms with Gasteiger partial charge in [0.05, 0.1) is 5.92 Å². The van der Waals surface area contributed by atoms with E-state index in [1.807, 2.05) is 64.4 Å². The van der Waals surface area contributed by atoms with Crippen molar-refractivity contribution < 1.29 is 9.59 Å². The fourth-order valence-corrected chi connectivity index (χ4v) is 3.82. The van der Waals surface area contributed by atoms with Crippen LogP contribution in [0.5, 0.6) is 0 Å². The van der Waals surface area contributed by atoms with E-state index in [0.717, 1.165) is 30.4 Å². The molecule has 4 nitrogen and oxygen atoms in total. The van der Waals surface area contributed by atoms with Crippen molar-refractivity contribution in [3.8, 4) is 0 Å². The molecule has 0 aromatic heterocycles. The maximum Gasteiger partial charge on any atom is 0.253 e. The van der Waals surface area contributed by atoms with E-state index in [0.29, 0.717) is 26.2 Å². The molecular weight excluding hydrogens is 348 g/mol. The summed E-state index contributed by atoms with van der Waals surface area (Å²) < 4.78 is 0. The van der Waals surface area contributed by atoms with Gasteiger partial charge in [0, 0.05) is 31.7 Å². The molecule has 0 saturated carbocycles. The van der Waals surface area contributed by atoms with Crippen LogP contribution in [0.15, 0.2) is 54.6 Å². The lowest BCUT2D eigenvalue weighted by Crippen LogP contribution is -2.51. The Morgan fingerprint density at radius 3 is 2.04 bits per heavy atom. The molecule has 1 heterocycles. The second-order valence-corrected chi connectivity index (χ2v) is 7.42. The van der Waals surface area contributed by atoms with Crippen LogP contribution in [0.4, 0.5) is 0 Å². The molecular formula is C24H30N2O2. The zero-order chi connectivity index (χ0) is 19.9. The minimum absolute atomic E-state index is 0.0583. The highest BCUT2D eigenvalue weighted by atomic mass is 16.2. The van der Waals surface area contributed by atoms with Crippen molar-refractivity contribution in [3.63, 3.8) is 0 Å². The third kappa shape index (κ3) is 4.61. The molecule has 1 fully saturated rings. The third-order valence-electron chi connectivity index (χ3n) is 5.57. The van der Waals surface area contributed by atoms with Crippen molar-refractivity contribution >= 4 is 11.8 Å². The number of hydrogen-bond donors (Lipinski definition) is 0. The van der Waals surface area contributed by atoms with E-state index in [2.05, 4.69) is 13.8 Å². The molecule has 0 N–H and O–H groups in total. The Kier molecular flexibility index (Phi) is 6.85. The average Bonchev–Trinajstić information content (AvgIpc) is 2.77. The van der Waals surface area contributed by atoms with Gasteiger partial charge in [0.2, 0.25) is 5.91 Å². The molecule has 1 unspecified atom stereocenters. The minimum Gasteiger partial charge on any atom is -0.339 e. The fourth-order valence-electron chi connectivity index (χ4n) is 3.82. The highest BCUT2D eigenvalue weighted by Crippen LogP contribution is 2.24. The van der Waals surface area contributed by atoms with Gasteiger partial charge >= 0.3 is 0 Å². The molecule has 0 spiro atoms. The summed E-state index contributed by atoms with van der Waals surface area (Å²) in [4.78, 5) is 29.7. The molecule has 0 aliphatic carbocycles. The van der Waals surface area contributed by atoms with Crippen LogP contribution in [0.1, 0.15) is 54.1 Å². The largest absolute Gasteiger partial charge is 0.339 e. The Balaban J connectivity index is 1.61. The zero-order valence-electron chi connectivity index (χ0n) is 16.9. The van der Waals surface area contributed by atoms with E-state index in [-0.39, 0.29) is 17.7 Å². The van der Waals surface area contributed by atoms with Crippen LogP contribution in [0.2, 0.25) is 0 Å². The number of rotatable bonds is 6. The van der Waals surface area contributed by atoms with Crippen LogP contribution in [-0.4, -0.2) is 47.8 Å². The number of nitrogens with zero attached hydrogens (tertiary/aromatic N) is 2. The van der Waals surface area contributed by atoms with Gasteiger partial charge in [-0.05, 0) is 36.1 Å². The lowest BCUT2D eigenvalue weighted by Gasteiger charge is -2.36. The quantitative estimate of drug-likeness (QED) is 0.759. The second-order valence-electron chi connectivity index (χ2n) is 7.42. The molecule has 0 bridgehead atoms. The van der Waals surface area contributed by atoms with E-state index in [1.54, 1.807) is 0 Å². The predicted octanol–water partition coefficient (Wildman–Crippen LogP) is 4.12. The number of carbonyl (C=O) groups is 2. The van der Waals surface area contributed by atoms with Gasteiger partial charge < -0.3 is 9.80 Å². The topological polar surface area (TPSA) is 40.6 Å². The number of aryl methyl sites for hydroxylation is 1. The van der Waals surface area contributed by atoms with Crippen LogP contribution in [0.3, 0.4) is 0 Å². The van der Waals surface area contributed by atoms with E-state index >= 15 is 0 Å². The van der Waals surface area contributed by atoms with Gasteiger partial charge in [-0.15, -0.1) is 0 Å². The molecule has 2 amide bonds. The first-order chi connectivity index (χ1) is 13.6. The van der Waals surface area contributed by atoms with Gasteiger partial charge in [-0.3, -0.25) is 9.59 Å². The highest BCUT2D eigenvalue weighted by molar-refractivity contribution is 5.94. The smallest absolute Gasteiger partial charge is 0.253 e. The molecule has 1 aliphatic rings. The van der Waals surface area contributed by atoms with Crippen LogP contribution in [-0.2, 0) is 11.2 Å². The second kappa shape index (κ2) is 9.54. The number of carbonyl (C=O) groups excluding carboxylic acids is 2. The lowest BCUT2D eigenvalue weighted by atomic mass is 9.93. The van der Waals surface area contributed by atoms with Gasteiger partial charge in [-0.1, -0.05) is 62.7 Å². The normalized spacial score (nSPS) is 15.4. The first kappa shape index (κ1) is 20.1. The molecule has 1 aliphatic heterocycles. The molecule has 1 saturated heterocycles. The van der Waals surface area contributed by atoms with Gasteiger partial charge in [-0.25, -0.2) is 0 Å². The van der Waals surface area contributed by atoms with E-state index in [1.165, 1.54) is 5.56 Å². The Morgan fingerprint density at radius 1 is 0.857 bits per heavy atom. The SMILES string of the molecule is CCCC(C(=O)N1CCN(C(=O)c2ccc(CC)cc2)CC1)c1ccccc1. The van der Waals surface area contributed by atoms with Gasteiger partial charge in [0.25, 0.3) is 5.91 Å². The lowest BCUT2D eigenvalue weighted by molar-refractivity contribution is -0.134. The molecule has 1 atom stereocenters. The van der Waals surface area contributed by atoms with Crippen LogP contribution >= 0.6 is 0 Å². The third-order valence-corrected chi connectivity index (χ3v) is 5.57. The summed E-state index contributed by atoms with van der Waals surface area (Å²) in [7, 11) is 0. The zero-order valence-corrected chi connectivity index (χ0v) is 16.9. The molecule has 2 aromatic carbocycles. The summed E-state index contributed by atoms with van der Waals surface area (Å²) in [5.74, 6) is 0.158. The molecule has 4 heteroatoms. The fraction of sp³-hybridized carbons (Fsp3) is 0.417. The summed E-state index contributed by atoms with van der Waals surface area (Å²) >= 11 is 0. The minimum atomic E-state index is -0.0879. The molecule has 3 rings (SSSR count). The van der Waals surface area contributed by atoms with Gasteiger partial charge in [0.1, 0.15) is 0 Å².